The molecular weight excluding hydrogens is 338 g/mol. The number of hydrogen-bond donors (Lipinski definition) is 1. The van der Waals surface area contributed by atoms with Crippen LogP contribution in [0.5, 0.6) is 0 Å². The van der Waals surface area contributed by atoms with E-state index >= 15 is 0 Å². The number of nitrogens with one attached hydrogen (secondary N) is 1. The zero-order valence-electron chi connectivity index (χ0n) is 13.8. The Balaban J connectivity index is 1.48. The maximum atomic E-state index is 5.91. The first kappa shape index (κ1) is 17.2. The third kappa shape index (κ3) is 4.69. The highest BCUT2D eigenvalue weighted by atomic mass is 35.5. The van der Waals surface area contributed by atoms with Crippen molar-refractivity contribution in [1.29, 1.82) is 0 Å². The minimum absolute atomic E-state index is 0.733. The second-order valence-corrected chi connectivity index (χ2v) is 7.01. The first-order chi connectivity index (χ1) is 11.6. The summed E-state index contributed by atoms with van der Waals surface area (Å²) >= 11 is 11.4. The van der Waals surface area contributed by atoms with Crippen LogP contribution >= 0.6 is 23.8 Å². The van der Waals surface area contributed by atoms with Crippen molar-refractivity contribution in [1.82, 2.24) is 9.80 Å². The predicted molar refractivity (Wildman–Crippen MR) is 106 cm³/mol. The molecule has 3 rings (SSSR count). The van der Waals surface area contributed by atoms with E-state index in [2.05, 4.69) is 46.3 Å². The molecule has 0 radical (unpaired) electrons. The minimum atomic E-state index is 0.733. The van der Waals surface area contributed by atoms with Crippen LogP contribution in [0.4, 0.5) is 5.69 Å². The van der Waals surface area contributed by atoms with Crippen LogP contribution in [0.3, 0.4) is 0 Å². The van der Waals surface area contributed by atoms with E-state index in [4.69, 9.17) is 23.8 Å². The van der Waals surface area contributed by atoms with E-state index < -0.39 is 0 Å². The number of benzene rings is 2. The van der Waals surface area contributed by atoms with E-state index in [1.807, 2.05) is 24.3 Å². The number of halogens is 1. The van der Waals surface area contributed by atoms with Gasteiger partial charge in [0.25, 0.3) is 0 Å². The van der Waals surface area contributed by atoms with E-state index in [-0.39, 0.29) is 0 Å². The number of hydrogen-bond acceptors (Lipinski definition) is 2. The zero-order chi connectivity index (χ0) is 16.9. The van der Waals surface area contributed by atoms with Gasteiger partial charge in [-0.15, -0.1) is 0 Å². The van der Waals surface area contributed by atoms with Crippen molar-refractivity contribution in [3.8, 4) is 0 Å². The van der Waals surface area contributed by atoms with Crippen molar-refractivity contribution in [2.75, 3.05) is 31.5 Å². The first-order valence-electron chi connectivity index (χ1n) is 8.19. The Hall–Kier alpha value is -1.62. The highest BCUT2D eigenvalue weighted by molar-refractivity contribution is 7.80. The van der Waals surface area contributed by atoms with Gasteiger partial charge in [0.1, 0.15) is 0 Å². The van der Waals surface area contributed by atoms with Gasteiger partial charge in [0.05, 0.1) is 0 Å². The van der Waals surface area contributed by atoms with Crippen molar-refractivity contribution in [2.24, 2.45) is 0 Å². The van der Waals surface area contributed by atoms with E-state index in [9.17, 15) is 0 Å². The van der Waals surface area contributed by atoms with Gasteiger partial charge in [0.2, 0.25) is 0 Å². The average molecular weight is 360 g/mol. The monoisotopic (exact) mass is 359 g/mol. The molecular formula is C19H22ClN3S. The summed E-state index contributed by atoms with van der Waals surface area (Å²) in [6, 6.07) is 16.4. The quantitative estimate of drug-likeness (QED) is 0.829. The number of aryl methyl sites for hydroxylation is 1. The molecule has 0 bridgehead atoms. The lowest BCUT2D eigenvalue weighted by Crippen LogP contribution is -2.49. The van der Waals surface area contributed by atoms with Crippen LogP contribution in [0, 0.1) is 6.92 Å². The Bertz CT molecular complexity index is 677. The van der Waals surface area contributed by atoms with Crippen molar-refractivity contribution >= 4 is 34.6 Å². The molecule has 1 N–H and O–H groups in total. The molecule has 5 heteroatoms. The van der Waals surface area contributed by atoms with Crippen LogP contribution in [-0.2, 0) is 6.54 Å². The lowest BCUT2D eigenvalue weighted by molar-refractivity contribution is 0.177. The molecule has 1 aliphatic rings. The summed E-state index contributed by atoms with van der Waals surface area (Å²) in [7, 11) is 0. The number of anilines is 1. The van der Waals surface area contributed by atoms with E-state index in [1.165, 1.54) is 11.1 Å². The van der Waals surface area contributed by atoms with Gasteiger partial charge in [-0.05, 0) is 49.0 Å². The second kappa shape index (κ2) is 7.97. The lowest BCUT2D eigenvalue weighted by Gasteiger charge is -2.36. The smallest absolute Gasteiger partial charge is 0.173 e. The molecule has 1 fully saturated rings. The van der Waals surface area contributed by atoms with Crippen LogP contribution in [0.15, 0.2) is 48.5 Å². The van der Waals surface area contributed by atoms with Crippen molar-refractivity contribution in [3.05, 3.63) is 64.7 Å². The van der Waals surface area contributed by atoms with Crippen molar-refractivity contribution < 1.29 is 0 Å². The van der Waals surface area contributed by atoms with Crippen molar-refractivity contribution in [2.45, 2.75) is 13.5 Å². The normalized spacial score (nSPS) is 15.3. The molecule has 0 aliphatic carbocycles. The Morgan fingerprint density at radius 1 is 1.00 bits per heavy atom. The molecule has 126 valence electrons. The van der Waals surface area contributed by atoms with Gasteiger partial charge in [-0.3, -0.25) is 4.90 Å². The van der Waals surface area contributed by atoms with E-state index in [0.717, 1.165) is 48.5 Å². The third-order valence-corrected chi connectivity index (χ3v) is 4.89. The van der Waals surface area contributed by atoms with Gasteiger partial charge in [-0.25, -0.2) is 0 Å². The summed E-state index contributed by atoms with van der Waals surface area (Å²) < 4.78 is 0. The summed E-state index contributed by atoms with van der Waals surface area (Å²) in [4.78, 5) is 4.71. The topological polar surface area (TPSA) is 18.5 Å². The molecule has 1 aliphatic heterocycles. The summed E-state index contributed by atoms with van der Waals surface area (Å²) in [6.07, 6.45) is 0. The molecule has 0 amide bonds. The summed E-state index contributed by atoms with van der Waals surface area (Å²) in [5.74, 6) is 0. The molecule has 0 saturated carbocycles. The van der Waals surface area contributed by atoms with Crippen molar-refractivity contribution in [3.63, 3.8) is 0 Å². The molecule has 2 aromatic carbocycles. The second-order valence-electron chi connectivity index (χ2n) is 6.19. The Morgan fingerprint density at radius 3 is 2.25 bits per heavy atom. The molecule has 0 atom stereocenters. The highest BCUT2D eigenvalue weighted by Gasteiger charge is 2.19. The molecule has 0 spiro atoms. The van der Waals surface area contributed by atoms with Gasteiger partial charge in [0, 0.05) is 43.4 Å². The van der Waals surface area contributed by atoms with Crippen LogP contribution < -0.4 is 5.32 Å². The van der Waals surface area contributed by atoms with Crippen LogP contribution in [-0.4, -0.2) is 41.1 Å². The molecule has 1 heterocycles. The fourth-order valence-corrected chi connectivity index (χ4v) is 3.22. The van der Waals surface area contributed by atoms with E-state index in [0.29, 0.717) is 0 Å². The summed E-state index contributed by atoms with van der Waals surface area (Å²) in [5, 5.41) is 4.81. The maximum absolute atomic E-state index is 5.91. The Morgan fingerprint density at radius 2 is 1.62 bits per heavy atom. The SMILES string of the molecule is Cc1ccc(CN2CCN(C(=S)Nc3ccc(Cl)cc3)CC2)cc1. The number of piperazine rings is 1. The number of thiocarbonyl (C=S) groups is 1. The third-order valence-electron chi connectivity index (χ3n) is 4.28. The predicted octanol–water partition coefficient (Wildman–Crippen LogP) is 4.16. The Kier molecular flexibility index (Phi) is 5.72. The van der Waals surface area contributed by atoms with Gasteiger partial charge < -0.3 is 10.2 Å². The summed E-state index contributed by atoms with van der Waals surface area (Å²) in [6.45, 7) is 7.08. The lowest BCUT2D eigenvalue weighted by atomic mass is 10.1. The maximum Gasteiger partial charge on any atom is 0.173 e. The number of nitrogens with zero attached hydrogens (tertiary/aromatic N) is 2. The van der Waals surface area contributed by atoms with Crippen LogP contribution in [0.1, 0.15) is 11.1 Å². The van der Waals surface area contributed by atoms with E-state index in [1.54, 1.807) is 0 Å². The molecule has 1 saturated heterocycles. The minimum Gasteiger partial charge on any atom is -0.346 e. The number of rotatable bonds is 3. The zero-order valence-corrected chi connectivity index (χ0v) is 15.4. The standard InChI is InChI=1S/C19H22ClN3S/c1-15-2-4-16(5-3-15)14-22-10-12-23(13-11-22)19(24)21-18-8-6-17(20)7-9-18/h2-9H,10-14H2,1H3,(H,21,24). The fourth-order valence-electron chi connectivity index (χ4n) is 2.80. The van der Waals surface area contributed by atoms with Gasteiger partial charge in [0.15, 0.2) is 5.11 Å². The molecule has 0 aromatic heterocycles. The van der Waals surface area contributed by atoms with Gasteiger partial charge in [-0.1, -0.05) is 41.4 Å². The molecule has 24 heavy (non-hydrogen) atoms. The Labute approximate surface area is 154 Å². The van der Waals surface area contributed by atoms with Crippen LogP contribution in [0.25, 0.3) is 0 Å². The largest absolute Gasteiger partial charge is 0.346 e. The first-order valence-corrected chi connectivity index (χ1v) is 8.98. The fraction of sp³-hybridized carbons (Fsp3) is 0.316. The van der Waals surface area contributed by atoms with Gasteiger partial charge >= 0.3 is 0 Å². The molecule has 2 aromatic rings. The van der Waals surface area contributed by atoms with Crippen LogP contribution in [0.2, 0.25) is 5.02 Å². The highest BCUT2D eigenvalue weighted by Crippen LogP contribution is 2.15. The molecule has 3 nitrogen and oxygen atoms in total. The summed E-state index contributed by atoms with van der Waals surface area (Å²) in [5.41, 5.74) is 3.66. The van der Waals surface area contributed by atoms with Gasteiger partial charge in [-0.2, -0.15) is 0 Å². The molecule has 0 unspecified atom stereocenters. The average Bonchev–Trinajstić information content (AvgIpc) is 2.59.